The first-order valence-corrected chi connectivity index (χ1v) is 13.7. The Morgan fingerprint density at radius 3 is 2.07 bits per heavy atom. The maximum Gasteiger partial charge on any atom is 0.408 e. The highest BCUT2D eigenvalue weighted by Gasteiger charge is 2.36. The van der Waals surface area contributed by atoms with Crippen LogP contribution in [-0.2, 0) is 28.7 Å². The number of rotatable bonds is 10. The Hall–Kier alpha value is -4.41. The summed E-state index contributed by atoms with van der Waals surface area (Å²) in [6, 6.07) is 15.0. The fourth-order valence-corrected chi connectivity index (χ4v) is 4.82. The number of fused-ring (bicyclic) bond motifs is 3. The van der Waals surface area contributed by atoms with E-state index in [1.165, 1.54) is 0 Å². The van der Waals surface area contributed by atoms with Gasteiger partial charge in [-0.25, -0.2) is 14.4 Å². The van der Waals surface area contributed by atoms with Crippen molar-refractivity contribution in [3.05, 3.63) is 59.7 Å². The fraction of sp³-hybridized carbons (Fsp3) is 0.433. The molecule has 1 atom stereocenters. The summed E-state index contributed by atoms with van der Waals surface area (Å²) in [7, 11) is 0. The summed E-state index contributed by atoms with van der Waals surface area (Å²) in [6.45, 7) is 5.50. The van der Waals surface area contributed by atoms with E-state index in [0.717, 1.165) is 22.3 Å². The Balaban J connectivity index is 1.24. The second kappa shape index (κ2) is 12.8. The van der Waals surface area contributed by atoms with Gasteiger partial charge in [-0.05, 0) is 62.3 Å². The standard InChI is InChI=1S/C30H35N3O8/c1-30(2,3)40-29(38)32-24(27(36)41-33-25(34)15-16-26(33)35)14-8-9-17-31-28(37)39-18-23-21-12-6-4-10-19(21)20-11-5-7-13-22(20)23/h4-7,10-13,23-24H,8-9,14-18H2,1-3H3,(H,31,37)(H,32,38). The minimum absolute atomic E-state index is 0.0438. The van der Waals surface area contributed by atoms with E-state index in [1.807, 2.05) is 36.4 Å². The molecule has 4 amide bonds. The summed E-state index contributed by atoms with van der Waals surface area (Å²) in [6.07, 6.45) is -0.487. The second-order valence-electron chi connectivity index (χ2n) is 10.9. The predicted octanol–water partition coefficient (Wildman–Crippen LogP) is 4.20. The first-order valence-electron chi connectivity index (χ1n) is 13.7. The molecule has 1 saturated heterocycles. The average Bonchev–Trinajstić information content (AvgIpc) is 3.41. The van der Waals surface area contributed by atoms with E-state index in [9.17, 15) is 24.0 Å². The molecule has 11 heteroatoms. The molecule has 4 rings (SSSR count). The van der Waals surface area contributed by atoms with Crippen molar-refractivity contribution in [3.8, 4) is 11.1 Å². The molecule has 1 fully saturated rings. The summed E-state index contributed by atoms with van der Waals surface area (Å²) in [4.78, 5) is 66.1. The number of carbonyl (C=O) groups excluding carboxylic acids is 5. The lowest BCUT2D eigenvalue weighted by molar-refractivity contribution is -0.199. The lowest BCUT2D eigenvalue weighted by atomic mass is 9.98. The molecule has 218 valence electrons. The molecule has 0 radical (unpaired) electrons. The van der Waals surface area contributed by atoms with Crippen LogP contribution in [0.1, 0.15) is 69.9 Å². The van der Waals surface area contributed by atoms with E-state index in [4.69, 9.17) is 14.3 Å². The van der Waals surface area contributed by atoms with Gasteiger partial charge in [0.25, 0.3) is 11.8 Å². The van der Waals surface area contributed by atoms with Crippen molar-refractivity contribution in [2.45, 2.75) is 70.4 Å². The van der Waals surface area contributed by atoms with Crippen molar-refractivity contribution in [2.24, 2.45) is 0 Å². The predicted molar refractivity (Wildman–Crippen MR) is 147 cm³/mol. The van der Waals surface area contributed by atoms with Gasteiger partial charge in [0.1, 0.15) is 18.2 Å². The Morgan fingerprint density at radius 1 is 0.902 bits per heavy atom. The summed E-state index contributed by atoms with van der Waals surface area (Å²) in [5.41, 5.74) is 3.72. The van der Waals surface area contributed by atoms with Gasteiger partial charge >= 0.3 is 18.2 Å². The number of ether oxygens (including phenoxy) is 2. The minimum Gasteiger partial charge on any atom is -0.449 e. The van der Waals surface area contributed by atoms with E-state index in [1.54, 1.807) is 20.8 Å². The number of carbonyl (C=O) groups is 5. The normalized spacial score (nSPS) is 15.1. The van der Waals surface area contributed by atoms with Gasteiger partial charge in [0.05, 0.1) is 0 Å². The van der Waals surface area contributed by atoms with Gasteiger partial charge in [-0.3, -0.25) is 9.59 Å². The molecule has 1 unspecified atom stereocenters. The van der Waals surface area contributed by atoms with E-state index < -0.39 is 41.6 Å². The van der Waals surface area contributed by atoms with Crippen LogP contribution in [0.25, 0.3) is 11.1 Å². The van der Waals surface area contributed by atoms with Gasteiger partial charge in [0.2, 0.25) is 0 Å². The Bertz CT molecular complexity index is 1260. The second-order valence-corrected chi connectivity index (χ2v) is 10.9. The molecule has 2 aliphatic rings. The quantitative estimate of drug-likeness (QED) is 0.323. The van der Waals surface area contributed by atoms with Crippen LogP contribution >= 0.6 is 0 Å². The van der Waals surface area contributed by atoms with Crippen LogP contribution < -0.4 is 10.6 Å². The van der Waals surface area contributed by atoms with E-state index >= 15 is 0 Å². The lowest BCUT2D eigenvalue weighted by Gasteiger charge is -2.23. The highest BCUT2D eigenvalue weighted by Crippen LogP contribution is 2.44. The summed E-state index contributed by atoms with van der Waals surface area (Å²) in [5, 5.41) is 5.60. The van der Waals surface area contributed by atoms with Crippen LogP contribution in [0.15, 0.2) is 48.5 Å². The summed E-state index contributed by atoms with van der Waals surface area (Å²) >= 11 is 0. The SMILES string of the molecule is CC(C)(C)OC(=O)NC(CCCCNC(=O)OCC1c2ccccc2-c2ccccc21)C(=O)ON1C(=O)CCC1=O. The molecule has 0 bridgehead atoms. The van der Waals surface area contributed by atoms with Crippen LogP contribution in [0.5, 0.6) is 0 Å². The van der Waals surface area contributed by atoms with Crippen molar-refractivity contribution in [3.63, 3.8) is 0 Å². The van der Waals surface area contributed by atoms with Gasteiger partial charge in [0.15, 0.2) is 0 Å². The number of hydroxylamine groups is 2. The zero-order valence-electron chi connectivity index (χ0n) is 23.4. The molecule has 1 aliphatic heterocycles. The third-order valence-corrected chi connectivity index (χ3v) is 6.70. The first kappa shape index (κ1) is 29.6. The van der Waals surface area contributed by atoms with Crippen molar-refractivity contribution >= 4 is 30.0 Å². The maximum absolute atomic E-state index is 12.7. The third-order valence-electron chi connectivity index (χ3n) is 6.70. The van der Waals surface area contributed by atoms with Crippen molar-refractivity contribution in [1.82, 2.24) is 15.7 Å². The fourth-order valence-electron chi connectivity index (χ4n) is 4.82. The smallest absolute Gasteiger partial charge is 0.408 e. The molecule has 2 aromatic rings. The van der Waals surface area contributed by atoms with Crippen molar-refractivity contribution in [1.29, 1.82) is 0 Å². The van der Waals surface area contributed by atoms with Crippen LogP contribution in [0, 0.1) is 0 Å². The summed E-state index contributed by atoms with van der Waals surface area (Å²) < 4.78 is 10.8. The molecule has 2 N–H and O–H groups in total. The number of nitrogens with one attached hydrogen (secondary N) is 2. The molecule has 41 heavy (non-hydrogen) atoms. The number of benzene rings is 2. The highest BCUT2D eigenvalue weighted by molar-refractivity contribution is 6.01. The van der Waals surface area contributed by atoms with Gasteiger partial charge in [-0.15, -0.1) is 5.06 Å². The number of unbranched alkanes of at least 4 members (excludes halogenated alkanes) is 1. The van der Waals surface area contributed by atoms with Crippen LogP contribution in [0.3, 0.4) is 0 Å². The molecule has 1 aliphatic carbocycles. The molecule has 0 aromatic heterocycles. The van der Waals surface area contributed by atoms with Crippen molar-refractivity contribution in [2.75, 3.05) is 13.2 Å². The Labute approximate surface area is 238 Å². The highest BCUT2D eigenvalue weighted by atomic mass is 16.7. The topological polar surface area (TPSA) is 140 Å². The van der Waals surface area contributed by atoms with Crippen LogP contribution in [-0.4, -0.2) is 59.8 Å². The van der Waals surface area contributed by atoms with Gasteiger partial charge < -0.3 is 24.9 Å². The Kier molecular flexibility index (Phi) is 9.26. The maximum atomic E-state index is 12.7. The third kappa shape index (κ3) is 7.62. The zero-order chi connectivity index (χ0) is 29.6. The largest absolute Gasteiger partial charge is 0.449 e. The molecule has 0 spiro atoms. The molecule has 2 aromatic carbocycles. The molecular formula is C30H35N3O8. The van der Waals surface area contributed by atoms with Crippen molar-refractivity contribution < 1.29 is 38.3 Å². The molecule has 1 heterocycles. The number of imide groups is 1. The minimum atomic E-state index is -1.17. The van der Waals surface area contributed by atoms with E-state index in [-0.39, 0.29) is 38.3 Å². The summed E-state index contributed by atoms with van der Waals surface area (Å²) in [5.74, 6) is -2.24. The average molecular weight is 566 g/mol. The number of hydrogen-bond acceptors (Lipinski definition) is 8. The van der Waals surface area contributed by atoms with Gasteiger partial charge in [0, 0.05) is 25.3 Å². The molecule has 11 nitrogen and oxygen atoms in total. The molecular weight excluding hydrogens is 530 g/mol. The number of alkyl carbamates (subject to hydrolysis) is 2. The first-order chi connectivity index (χ1) is 19.5. The van der Waals surface area contributed by atoms with Gasteiger partial charge in [-0.1, -0.05) is 48.5 Å². The Morgan fingerprint density at radius 2 is 1.49 bits per heavy atom. The van der Waals surface area contributed by atoms with E-state index in [2.05, 4.69) is 22.8 Å². The van der Waals surface area contributed by atoms with Crippen LogP contribution in [0.2, 0.25) is 0 Å². The van der Waals surface area contributed by atoms with E-state index in [0.29, 0.717) is 17.9 Å². The number of amides is 4. The lowest BCUT2D eigenvalue weighted by Crippen LogP contribution is -2.46. The number of hydrogen-bond donors (Lipinski definition) is 2. The monoisotopic (exact) mass is 565 g/mol. The zero-order valence-corrected chi connectivity index (χ0v) is 23.4. The molecule has 0 saturated carbocycles. The van der Waals surface area contributed by atoms with Gasteiger partial charge in [-0.2, -0.15) is 0 Å². The number of nitrogens with zero attached hydrogens (tertiary/aromatic N) is 1. The van der Waals surface area contributed by atoms with Crippen LogP contribution in [0.4, 0.5) is 9.59 Å².